The Morgan fingerprint density at radius 3 is 3.00 bits per heavy atom. The lowest BCUT2D eigenvalue weighted by Gasteiger charge is -2.31. The summed E-state index contributed by atoms with van der Waals surface area (Å²) in [5.74, 6) is 5.64. The molecule has 0 saturated carbocycles. The standard InChI is InChI=1S/C14H19NOS/c1-14(2)6-4-7-15(14)10-13-9-12(11-17-13)5-3-8-16/h9,11,16H,4,6-8,10H2,1-2H3. The second-order valence-corrected chi connectivity index (χ2v) is 6.09. The fraction of sp³-hybridized carbons (Fsp3) is 0.571. The molecule has 1 aromatic rings. The van der Waals surface area contributed by atoms with Crippen molar-refractivity contribution in [3.05, 3.63) is 21.9 Å². The molecule has 1 aromatic heterocycles. The van der Waals surface area contributed by atoms with Crippen molar-refractivity contribution >= 4 is 11.3 Å². The van der Waals surface area contributed by atoms with Crippen molar-refractivity contribution < 1.29 is 5.11 Å². The van der Waals surface area contributed by atoms with E-state index in [9.17, 15) is 0 Å². The summed E-state index contributed by atoms with van der Waals surface area (Å²) in [5, 5.41) is 10.7. The Kier molecular flexibility index (Phi) is 3.88. The first kappa shape index (κ1) is 12.6. The van der Waals surface area contributed by atoms with Gasteiger partial charge in [0.2, 0.25) is 0 Å². The predicted molar refractivity (Wildman–Crippen MR) is 72.0 cm³/mol. The topological polar surface area (TPSA) is 23.5 Å². The van der Waals surface area contributed by atoms with Gasteiger partial charge in [-0.15, -0.1) is 11.3 Å². The molecule has 92 valence electrons. The summed E-state index contributed by atoms with van der Waals surface area (Å²) in [6.45, 7) is 6.80. The zero-order valence-corrected chi connectivity index (χ0v) is 11.3. The van der Waals surface area contributed by atoms with Crippen LogP contribution in [-0.2, 0) is 6.54 Å². The van der Waals surface area contributed by atoms with E-state index in [0.29, 0.717) is 5.54 Å². The first-order valence-electron chi connectivity index (χ1n) is 6.04. The summed E-state index contributed by atoms with van der Waals surface area (Å²) in [7, 11) is 0. The fourth-order valence-electron chi connectivity index (χ4n) is 2.32. The van der Waals surface area contributed by atoms with Gasteiger partial charge >= 0.3 is 0 Å². The second kappa shape index (κ2) is 5.22. The molecule has 1 aliphatic heterocycles. The number of hydrogen-bond donors (Lipinski definition) is 1. The molecular formula is C14H19NOS. The maximum absolute atomic E-state index is 8.65. The van der Waals surface area contributed by atoms with E-state index >= 15 is 0 Å². The predicted octanol–water partition coefficient (Wildman–Crippen LogP) is 2.47. The highest BCUT2D eigenvalue weighted by Gasteiger charge is 2.31. The van der Waals surface area contributed by atoms with Crippen LogP contribution in [0.5, 0.6) is 0 Å². The quantitative estimate of drug-likeness (QED) is 0.814. The van der Waals surface area contributed by atoms with Gasteiger partial charge in [-0.1, -0.05) is 11.8 Å². The molecule has 0 spiro atoms. The molecule has 0 amide bonds. The van der Waals surface area contributed by atoms with Crippen molar-refractivity contribution in [2.24, 2.45) is 0 Å². The summed E-state index contributed by atoms with van der Waals surface area (Å²) in [4.78, 5) is 3.91. The minimum Gasteiger partial charge on any atom is -0.384 e. The maximum atomic E-state index is 8.65. The third-order valence-electron chi connectivity index (χ3n) is 3.38. The molecule has 17 heavy (non-hydrogen) atoms. The Morgan fingerprint density at radius 1 is 1.53 bits per heavy atom. The number of rotatable bonds is 2. The average Bonchev–Trinajstić information content (AvgIpc) is 2.84. The van der Waals surface area contributed by atoms with Gasteiger partial charge in [0.1, 0.15) is 6.61 Å². The molecule has 0 unspecified atom stereocenters. The normalized spacial score (nSPS) is 19.0. The highest BCUT2D eigenvalue weighted by Crippen LogP contribution is 2.30. The van der Waals surface area contributed by atoms with Crippen molar-refractivity contribution in [2.75, 3.05) is 13.2 Å². The molecule has 0 aromatic carbocycles. The SMILES string of the molecule is CC1(C)CCCN1Cc1cc(C#CCO)cs1. The van der Waals surface area contributed by atoms with Crippen molar-refractivity contribution in [1.82, 2.24) is 4.90 Å². The zero-order valence-electron chi connectivity index (χ0n) is 10.5. The molecule has 2 nitrogen and oxygen atoms in total. The molecule has 1 saturated heterocycles. The first-order valence-corrected chi connectivity index (χ1v) is 6.92. The van der Waals surface area contributed by atoms with Gasteiger partial charge in [-0.25, -0.2) is 0 Å². The van der Waals surface area contributed by atoms with E-state index in [4.69, 9.17) is 5.11 Å². The van der Waals surface area contributed by atoms with Crippen molar-refractivity contribution in [2.45, 2.75) is 38.8 Å². The number of aliphatic hydroxyl groups excluding tert-OH is 1. The van der Waals surface area contributed by atoms with Gasteiger partial charge < -0.3 is 5.11 Å². The van der Waals surface area contributed by atoms with E-state index in [1.54, 1.807) is 11.3 Å². The van der Waals surface area contributed by atoms with Gasteiger partial charge in [0.25, 0.3) is 0 Å². The first-order chi connectivity index (χ1) is 8.12. The minimum absolute atomic E-state index is 0.0651. The number of nitrogens with zero attached hydrogens (tertiary/aromatic N) is 1. The lowest BCUT2D eigenvalue weighted by atomic mass is 10.0. The number of thiophene rings is 1. The molecule has 0 bridgehead atoms. The number of aliphatic hydroxyl groups is 1. The molecule has 1 fully saturated rings. The smallest absolute Gasteiger partial charge is 0.104 e. The van der Waals surface area contributed by atoms with Crippen molar-refractivity contribution in [1.29, 1.82) is 0 Å². The van der Waals surface area contributed by atoms with Crippen LogP contribution in [0.1, 0.15) is 37.1 Å². The maximum Gasteiger partial charge on any atom is 0.104 e. The fourth-order valence-corrected chi connectivity index (χ4v) is 3.15. The van der Waals surface area contributed by atoms with E-state index in [2.05, 4.69) is 42.0 Å². The molecule has 3 heteroatoms. The van der Waals surface area contributed by atoms with Crippen LogP contribution >= 0.6 is 11.3 Å². The number of likely N-dealkylation sites (tertiary alicyclic amines) is 1. The Balaban J connectivity index is 2.02. The molecule has 2 rings (SSSR count). The van der Waals surface area contributed by atoms with Crippen LogP contribution in [0.3, 0.4) is 0 Å². The van der Waals surface area contributed by atoms with E-state index in [1.165, 1.54) is 24.3 Å². The van der Waals surface area contributed by atoms with Gasteiger partial charge in [-0.2, -0.15) is 0 Å². The van der Waals surface area contributed by atoms with Crippen LogP contribution in [0.15, 0.2) is 11.4 Å². The Bertz CT molecular complexity index is 439. The third-order valence-corrected chi connectivity index (χ3v) is 4.31. The van der Waals surface area contributed by atoms with Crippen LogP contribution in [0, 0.1) is 11.8 Å². The summed E-state index contributed by atoms with van der Waals surface area (Å²) >= 11 is 1.76. The van der Waals surface area contributed by atoms with E-state index in [-0.39, 0.29) is 6.61 Å². The van der Waals surface area contributed by atoms with Crippen LogP contribution < -0.4 is 0 Å². The minimum atomic E-state index is -0.0651. The largest absolute Gasteiger partial charge is 0.384 e. The summed E-state index contributed by atoms with van der Waals surface area (Å²) in [6, 6.07) is 2.14. The molecule has 0 atom stereocenters. The van der Waals surface area contributed by atoms with Crippen molar-refractivity contribution in [3.8, 4) is 11.8 Å². The Morgan fingerprint density at radius 2 is 2.35 bits per heavy atom. The van der Waals surface area contributed by atoms with Crippen LogP contribution in [0.25, 0.3) is 0 Å². The van der Waals surface area contributed by atoms with Crippen LogP contribution in [-0.4, -0.2) is 28.7 Å². The van der Waals surface area contributed by atoms with Gasteiger partial charge in [0, 0.05) is 27.9 Å². The third kappa shape index (κ3) is 3.10. The van der Waals surface area contributed by atoms with Gasteiger partial charge in [-0.05, 0) is 39.3 Å². The lowest BCUT2D eigenvalue weighted by molar-refractivity contribution is 0.168. The average molecular weight is 249 g/mol. The van der Waals surface area contributed by atoms with E-state index < -0.39 is 0 Å². The summed E-state index contributed by atoms with van der Waals surface area (Å²) < 4.78 is 0. The number of hydrogen-bond acceptors (Lipinski definition) is 3. The van der Waals surface area contributed by atoms with Gasteiger partial charge in [0.15, 0.2) is 0 Å². The van der Waals surface area contributed by atoms with E-state index in [0.717, 1.165) is 12.1 Å². The van der Waals surface area contributed by atoms with Gasteiger partial charge in [-0.3, -0.25) is 4.90 Å². The van der Waals surface area contributed by atoms with E-state index in [1.807, 2.05) is 0 Å². The molecule has 0 radical (unpaired) electrons. The molecule has 1 N–H and O–H groups in total. The molecule has 1 aliphatic rings. The lowest BCUT2D eigenvalue weighted by Crippen LogP contribution is -2.37. The Labute approximate surface area is 107 Å². The molecular weight excluding hydrogens is 230 g/mol. The summed E-state index contributed by atoms with van der Waals surface area (Å²) in [5.41, 5.74) is 1.36. The monoisotopic (exact) mass is 249 g/mol. The molecule has 0 aliphatic carbocycles. The van der Waals surface area contributed by atoms with Crippen LogP contribution in [0.4, 0.5) is 0 Å². The highest BCUT2D eigenvalue weighted by atomic mass is 32.1. The second-order valence-electron chi connectivity index (χ2n) is 5.10. The van der Waals surface area contributed by atoms with Crippen molar-refractivity contribution in [3.63, 3.8) is 0 Å². The zero-order chi connectivity index (χ0) is 12.3. The Hall–Kier alpha value is -0.820. The summed E-state index contributed by atoms with van der Waals surface area (Å²) in [6.07, 6.45) is 2.59. The highest BCUT2D eigenvalue weighted by molar-refractivity contribution is 7.10. The van der Waals surface area contributed by atoms with Crippen LogP contribution in [0.2, 0.25) is 0 Å². The van der Waals surface area contributed by atoms with Gasteiger partial charge in [0.05, 0.1) is 0 Å². The molecule has 2 heterocycles.